The van der Waals surface area contributed by atoms with E-state index >= 15 is 0 Å². The molecule has 1 fully saturated rings. The molecule has 2 aliphatic rings. The standard InChI is InChI=1S/C17H17NO.C4H4O4/c1-18-10-14-12-6-2-4-8-16(12)19-17-9-5-3-7-13(17)15(14)11-18;5-3(6)1-2-4(7)8/h2-9,14-15H,10-11H2,1H3;1-2H,(H,5,6)(H,7,8)/b;2-1+/t14-,15-;/m1./s1. The van der Waals surface area contributed by atoms with Crippen LogP contribution in [0.3, 0.4) is 0 Å². The number of para-hydroxylation sites is 2. The zero-order valence-electron chi connectivity index (χ0n) is 14.9. The van der Waals surface area contributed by atoms with Gasteiger partial charge in [-0.2, -0.15) is 0 Å². The van der Waals surface area contributed by atoms with Gasteiger partial charge in [-0.05, 0) is 30.3 Å². The van der Waals surface area contributed by atoms with Crippen LogP contribution in [-0.4, -0.2) is 47.2 Å². The molecule has 2 aromatic carbocycles. The minimum atomic E-state index is -1.26. The molecular weight excluding hydrogens is 346 g/mol. The molecule has 0 saturated carbocycles. The van der Waals surface area contributed by atoms with E-state index in [-0.39, 0.29) is 0 Å². The normalized spacial score (nSPS) is 20.3. The average Bonchev–Trinajstić information content (AvgIpc) is 2.97. The SMILES string of the molecule is CN1C[C@@H]2c3ccccc3Oc3ccccc3[C@H]2C1.O=C(O)/C=C/C(=O)O. The van der Waals surface area contributed by atoms with Crippen LogP contribution in [0.2, 0.25) is 0 Å². The number of ether oxygens (including phenoxy) is 1. The summed E-state index contributed by atoms with van der Waals surface area (Å²) in [6.07, 6.45) is 1.12. The Hall–Kier alpha value is -3.12. The van der Waals surface area contributed by atoms with Gasteiger partial charge in [-0.3, -0.25) is 0 Å². The maximum Gasteiger partial charge on any atom is 0.328 e. The molecule has 6 nitrogen and oxygen atoms in total. The van der Waals surface area contributed by atoms with Crippen molar-refractivity contribution in [3.8, 4) is 11.5 Å². The lowest BCUT2D eigenvalue weighted by molar-refractivity contribution is -0.134. The number of hydrogen-bond donors (Lipinski definition) is 2. The van der Waals surface area contributed by atoms with E-state index in [0.29, 0.717) is 24.0 Å². The molecule has 4 rings (SSSR count). The van der Waals surface area contributed by atoms with E-state index in [1.807, 2.05) is 0 Å². The van der Waals surface area contributed by atoms with Gasteiger partial charge in [0.25, 0.3) is 0 Å². The van der Waals surface area contributed by atoms with Crippen molar-refractivity contribution in [3.63, 3.8) is 0 Å². The average molecular weight is 367 g/mol. The summed E-state index contributed by atoms with van der Waals surface area (Å²) < 4.78 is 6.16. The molecule has 2 aromatic rings. The highest BCUT2D eigenvalue weighted by Gasteiger charge is 2.38. The van der Waals surface area contributed by atoms with Crippen molar-refractivity contribution in [1.82, 2.24) is 4.90 Å². The van der Waals surface area contributed by atoms with Crippen LogP contribution in [0.1, 0.15) is 23.0 Å². The highest BCUT2D eigenvalue weighted by atomic mass is 16.5. The Bertz CT molecular complexity index is 807. The van der Waals surface area contributed by atoms with E-state index in [0.717, 1.165) is 24.6 Å². The molecule has 27 heavy (non-hydrogen) atoms. The molecule has 0 radical (unpaired) electrons. The molecule has 2 N–H and O–H groups in total. The molecule has 0 unspecified atom stereocenters. The molecule has 0 aliphatic carbocycles. The van der Waals surface area contributed by atoms with Gasteiger partial charge in [-0.15, -0.1) is 0 Å². The molecule has 140 valence electrons. The largest absolute Gasteiger partial charge is 0.478 e. The smallest absolute Gasteiger partial charge is 0.328 e. The maximum absolute atomic E-state index is 9.55. The number of aliphatic carboxylic acids is 2. The predicted molar refractivity (Wildman–Crippen MR) is 100 cm³/mol. The van der Waals surface area contributed by atoms with E-state index < -0.39 is 11.9 Å². The van der Waals surface area contributed by atoms with Crippen LogP contribution >= 0.6 is 0 Å². The van der Waals surface area contributed by atoms with Crippen LogP contribution in [0.15, 0.2) is 60.7 Å². The zero-order chi connectivity index (χ0) is 19.4. The Morgan fingerprint density at radius 2 is 1.30 bits per heavy atom. The molecule has 0 amide bonds. The van der Waals surface area contributed by atoms with Gasteiger partial charge in [0.2, 0.25) is 0 Å². The number of carbonyl (C=O) groups is 2. The number of carboxylic acids is 2. The van der Waals surface area contributed by atoms with Crippen LogP contribution < -0.4 is 4.74 Å². The second-order valence-corrected chi connectivity index (χ2v) is 6.62. The summed E-state index contributed by atoms with van der Waals surface area (Å²) in [6, 6.07) is 17.0. The summed E-state index contributed by atoms with van der Waals surface area (Å²) in [5, 5.41) is 15.6. The van der Waals surface area contributed by atoms with Crippen LogP contribution in [-0.2, 0) is 9.59 Å². The van der Waals surface area contributed by atoms with Crippen molar-refractivity contribution in [2.24, 2.45) is 0 Å². The molecule has 2 aliphatic heterocycles. The number of fused-ring (bicyclic) bond motifs is 5. The fraction of sp³-hybridized carbons (Fsp3) is 0.238. The molecule has 6 heteroatoms. The number of likely N-dealkylation sites (N-methyl/N-ethyl adjacent to an activating group) is 1. The van der Waals surface area contributed by atoms with Crippen molar-refractivity contribution >= 4 is 11.9 Å². The van der Waals surface area contributed by atoms with E-state index in [4.69, 9.17) is 14.9 Å². The Labute approximate surface area is 157 Å². The highest BCUT2D eigenvalue weighted by molar-refractivity contribution is 5.89. The topological polar surface area (TPSA) is 87.1 Å². The molecule has 2 atom stereocenters. The third-order valence-electron chi connectivity index (χ3n) is 4.73. The first-order valence-electron chi connectivity index (χ1n) is 8.64. The summed E-state index contributed by atoms with van der Waals surface area (Å²) in [7, 11) is 2.21. The van der Waals surface area contributed by atoms with Gasteiger partial charge in [0.05, 0.1) is 0 Å². The minimum absolute atomic E-state index is 0.546. The first-order chi connectivity index (χ1) is 13.0. The van der Waals surface area contributed by atoms with Crippen molar-refractivity contribution in [2.75, 3.05) is 20.1 Å². The lowest BCUT2D eigenvalue weighted by atomic mass is 9.84. The Morgan fingerprint density at radius 1 is 0.889 bits per heavy atom. The van der Waals surface area contributed by atoms with Gasteiger partial charge in [-0.1, -0.05) is 36.4 Å². The third-order valence-corrected chi connectivity index (χ3v) is 4.73. The van der Waals surface area contributed by atoms with E-state index in [2.05, 4.69) is 60.5 Å². The number of likely N-dealkylation sites (tertiary alicyclic amines) is 1. The van der Waals surface area contributed by atoms with Crippen LogP contribution in [0, 0.1) is 0 Å². The number of nitrogens with zero attached hydrogens (tertiary/aromatic N) is 1. The lowest BCUT2D eigenvalue weighted by Crippen LogP contribution is -2.14. The maximum atomic E-state index is 9.55. The quantitative estimate of drug-likeness (QED) is 0.792. The molecule has 1 saturated heterocycles. The van der Waals surface area contributed by atoms with Gasteiger partial charge in [0.1, 0.15) is 11.5 Å². The van der Waals surface area contributed by atoms with Gasteiger partial charge >= 0.3 is 11.9 Å². The van der Waals surface area contributed by atoms with Crippen molar-refractivity contribution in [2.45, 2.75) is 11.8 Å². The first kappa shape index (κ1) is 18.7. The number of carboxylic acid groups (broad SMARTS) is 2. The van der Waals surface area contributed by atoms with Crippen LogP contribution in [0.4, 0.5) is 0 Å². The molecule has 0 spiro atoms. The minimum Gasteiger partial charge on any atom is -0.478 e. The summed E-state index contributed by atoms with van der Waals surface area (Å²) >= 11 is 0. The molecule has 2 heterocycles. The van der Waals surface area contributed by atoms with E-state index in [1.165, 1.54) is 11.1 Å². The lowest BCUT2D eigenvalue weighted by Gasteiger charge is -2.16. The second-order valence-electron chi connectivity index (χ2n) is 6.62. The highest BCUT2D eigenvalue weighted by Crippen LogP contribution is 2.49. The third kappa shape index (κ3) is 4.35. The van der Waals surface area contributed by atoms with Gasteiger partial charge in [0.15, 0.2) is 0 Å². The van der Waals surface area contributed by atoms with Crippen LogP contribution in [0.25, 0.3) is 0 Å². The summed E-state index contributed by atoms with van der Waals surface area (Å²) in [5.41, 5.74) is 2.71. The molecule has 0 bridgehead atoms. The monoisotopic (exact) mass is 367 g/mol. The number of rotatable bonds is 2. The second kappa shape index (κ2) is 8.05. The van der Waals surface area contributed by atoms with Crippen molar-refractivity contribution < 1.29 is 24.5 Å². The number of hydrogen-bond acceptors (Lipinski definition) is 4. The summed E-state index contributed by atoms with van der Waals surface area (Å²) in [4.78, 5) is 21.5. The van der Waals surface area contributed by atoms with Crippen molar-refractivity contribution in [1.29, 1.82) is 0 Å². The van der Waals surface area contributed by atoms with Crippen molar-refractivity contribution in [3.05, 3.63) is 71.8 Å². The summed E-state index contributed by atoms with van der Waals surface area (Å²) in [5.74, 6) is 0.630. The fourth-order valence-corrected chi connectivity index (χ4v) is 3.65. The number of benzene rings is 2. The first-order valence-corrected chi connectivity index (χ1v) is 8.64. The van der Waals surface area contributed by atoms with Crippen LogP contribution in [0.5, 0.6) is 11.5 Å². The van der Waals surface area contributed by atoms with E-state index in [1.54, 1.807) is 0 Å². The van der Waals surface area contributed by atoms with Gasteiger partial charge < -0.3 is 19.8 Å². The predicted octanol–water partition coefficient (Wildman–Crippen LogP) is 3.32. The summed E-state index contributed by atoms with van der Waals surface area (Å²) in [6.45, 7) is 2.22. The molecular formula is C21H21NO5. The van der Waals surface area contributed by atoms with Gasteiger partial charge in [-0.25, -0.2) is 9.59 Å². The van der Waals surface area contributed by atoms with E-state index in [9.17, 15) is 9.59 Å². The Kier molecular flexibility index (Phi) is 5.57. The Morgan fingerprint density at radius 3 is 1.70 bits per heavy atom. The molecule has 0 aromatic heterocycles. The zero-order valence-corrected chi connectivity index (χ0v) is 14.9. The Balaban J connectivity index is 0.000000226. The van der Waals surface area contributed by atoms with Gasteiger partial charge in [0, 0.05) is 37.1 Å². The fourth-order valence-electron chi connectivity index (χ4n) is 3.65.